The number of Topliss-reactive ketones (excluding diaryl/α,β-unsaturated/α-hetero) is 1. The highest BCUT2D eigenvalue weighted by molar-refractivity contribution is 5.85. The van der Waals surface area contributed by atoms with Crippen molar-refractivity contribution in [2.24, 2.45) is 22.7 Å². The first-order chi connectivity index (χ1) is 11.1. The van der Waals surface area contributed by atoms with Crippen LogP contribution in [0.1, 0.15) is 52.9 Å². The Bertz CT molecular complexity index is 536. The van der Waals surface area contributed by atoms with Crippen molar-refractivity contribution in [1.29, 1.82) is 0 Å². The molecule has 3 N–H and O–H groups in total. The number of aliphatic hydroxyl groups excluding tert-OH is 3. The smallest absolute Gasteiger partial charge is 0.162 e. The molecule has 0 aromatic carbocycles. The third kappa shape index (κ3) is 3.12. The van der Waals surface area contributed by atoms with E-state index in [2.05, 4.69) is 20.1 Å². The van der Waals surface area contributed by atoms with Crippen LogP contribution < -0.4 is 0 Å². The molecule has 0 heterocycles. The van der Waals surface area contributed by atoms with E-state index in [1.807, 2.05) is 13.8 Å². The van der Waals surface area contributed by atoms with Crippen molar-refractivity contribution in [2.75, 3.05) is 6.61 Å². The van der Waals surface area contributed by atoms with Gasteiger partial charge in [0.2, 0.25) is 0 Å². The SMILES string of the molecule is C=C(CC[C@@H]1C(=C)CC[C@@H]2C(C)(C)[C@H](O)C(=O)C[C@@]12C)[C@H](O)CO. The van der Waals surface area contributed by atoms with E-state index in [4.69, 9.17) is 5.11 Å². The van der Waals surface area contributed by atoms with Crippen LogP contribution in [0.3, 0.4) is 0 Å². The Labute approximate surface area is 145 Å². The van der Waals surface area contributed by atoms with Gasteiger partial charge in [-0.25, -0.2) is 0 Å². The molecule has 2 aliphatic carbocycles. The first-order valence-electron chi connectivity index (χ1n) is 8.90. The van der Waals surface area contributed by atoms with Crippen LogP contribution in [0, 0.1) is 22.7 Å². The van der Waals surface area contributed by atoms with Crippen LogP contribution in [0.25, 0.3) is 0 Å². The fraction of sp³-hybridized carbons (Fsp3) is 0.750. The van der Waals surface area contributed by atoms with E-state index in [9.17, 15) is 15.0 Å². The quantitative estimate of drug-likeness (QED) is 0.675. The summed E-state index contributed by atoms with van der Waals surface area (Å²) in [5.74, 6) is 0.339. The largest absolute Gasteiger partial charge is 0.393 e. The summed E-state index contributed by atoms with van der Waals surface area (Å²) < 4.78 is 0. The number of rotatable bonds is 5. The van der Waals surface area contributed by atoms with Gasteiger partial charge >= 0.3 is 0 Å². The summed E-state index contributed by atoms with van der Waals surface area (Å²) in [5.41, 5.74) is 1.11. The number of aliphatic hydroxyl groups is 3. The van der Waals surface area contributed by atoms with Crippen molar-refractivity contribution in [3.05, 3.63) is 24.3 Å². The van der Waals surface area contributed by atoms with E-state index >= 15 is 0 Å². The van der Waals surface area contributed by atoms with Gasteiger partial charge in [-0.05, 0) is 48.5 Å². The second-order valence-electron chi connectivity index (χ2n) is 8.57. The number of hydrogen-bond donors (Lipinski definition) is 3. The van der Waals surface area contributed by atoms with Gasteiger partial charge in [-0.15, -0.1) is 0 Å². The van der Waals surface area contributed by atoms with E-state index in [1.54, 1.807) is 0 Å². The zero-order valence-electron chi connectivity index (χ0n) is 15.2. The molecule has 2 fully saturated rings. The Morgan fingerprint density at radius 2 is 2.00 bits per heavy atom. The van der Waals surface area contributed by atoms with Crippen LogP contribution in [-0.4, -0.2) is 39.9 Å². The molecule has 2 aliphatic rings. The third-order valence-electron chi connectivity index (χ3n) is 6.70. The topological polar surface area (TPSA) is 77.8 Å². The number of carbonyl (C=O) groups is 1. The molecule has 4 heteroatoms. The van der Waals surface area contributed by atoms with E-state index in [0.717, 1.165) is 24.8 Å². The van der Waals surface area contributed by atoms with E-state index in [0.29, 0.717) is 18.4 Å². The number of fused-ring (bicyclic) bond motifs is 1. The lowest BCUT2D eigenvalue weighted by molar-refractivity contribution is -0.162. The molecule has 0 aliphatic heterocycles. The van der Waals surface area contributed by atoms with Gasteiger partial charge in [0.15, 0.2) is 5.78 Å². The second kappa shape index (κ2) is 6.74. The zero-order valence-corrected chi connectivity index (χ0v) is 15.2. The van der Waals surface area contributed by atoms with Gasteiger partial charge in [0.1, 0.15) is 6.10 Å². The maximum atomic E-state index is 12.4. The molecule has 0 unspecified atom stereocenters. The summed E-state index contributed by atoms with van der Waals surface area (Å²) in [5, 5.41) is 29.2. The predicted octanol–water partition coefficient (Wildman–Crippen LogP) is 2.62. The highest BCUT2D eigenvalue weighted by Gasteiger charge is 2.58. The predicted molar refractivity (Wildman–Crippen MR) is 94.3 cm³/mol. The summed E-state index contributed by atoms with van der Waals surface area (Å²) >= 11 is 0. The van der Waals surface area contributed by atoms with E-state index < -0.39 is 17.6 Å². The van der Waals surface area contributed by atoms with Crippen LogP contribution in [0.15, 0.2) is 24.3 Å². The highest BCUT2D eigenvalue weighted by atomic mass is 16.3. The lowest BCUT2D eigenvalue weighted by Crippen LogP contribution is -2.58. The monoisotopic (exact) mass is 336 g/mol. The van der Waals surface area contributed by atoms with Crippen LogP contribution >= 0.6 is 0 Å². The molecule has 0 spiro atoms. The second-order valence-corrected chi connectivity index (χ2v) is 8.57. The Balaban J connectivity index is 2.25. The molecule has 5 atom stereocenters. The lowest BCUT2D eigenvalue weighted by atomic mass is 9.46. The number of hydrogen-bond acceptors (Lipinski definition) is 4. The summed E-state index contributed by atoms with van der Waals surface area (Å²) in [7, 11) is 0. The highest BCUT2D eigenvalue weighted by Crippen LogP contribution is 2.61. The van der Waals surface area contributed by atoms with E-state index in [1.165, 1.54) is 0 Å². The lowest BCUT2D eigenvalue weighted by Gasteiger charge is -2.58. The fourth-order valence-corrected chi connectivity index (χ4v) is 5.25. The Morgan fingerprint density at radius 3 is 2.58 bits per heavy atom. The van der Waals surface area contributed by atoms with Crippen LogP contribution in [0.4, 0.5) is 0 Å². The van der Waals surface area contributed by atoms with Gasteiger partial charge < -0.3 is 15.3 Å². The van der Waals surface area contributed by atoms with Gasteiger partial charge in [0.25, 0.3) is 0 Å². The van der Waals surface area contributed by atoms with Gasteiger partial charge in [-0.2, -0.15) is 0 Å². The van der Waals surface area contributed by atoms with Crippen LogP contribution in [0.2, 0.25) is 0 Å². The van der Waals surface area contributed by atoms with Crippen molar-refractivity contribution in [1.82, 2.24) is 0 Å². The fourth-order valence-electron chi connectivity index (χ4n) is 5.25. The standard InChI is InChI=1S/C20H32O4/c1-12-7-9-17-19(3,4)18(24)15(22)10-20(17,5)14(12)8-6-13(2)16(23)11-21/h14,16-18,21,23-24H,1-2,6-11H2,3-5H3/t14-,16-,17-,18-,20+/m1/s1. The van der Waals surface area contributed by atoms with Crippen molar-refractivity contribution in [3.8, 4) is 0 Å². The summed E-state index contributed by atoms with van der Waals surface area (Å²) in [4.78, 5) is 12.4. The van der Waals surface area contributed by atoms with Crippen molar-refractivity contribution in [3.63, 3.8) is 0 Å². The molecular formula is C20H32O4. The number of ketones is 1. The maximum absolute atomic E-state index is 12.4. The molecule has 2 rings (SSSR count). The number of allylic oxidation sites excluding steroid dienone is 1. The Hall–Kier alpha value is -0.970. The molecule has 0 aromatic rings. The summed E-state index contributed by atoms with van der Waals surface area (Å²) in [6.45, 7) is 14.0. The molecular weight excluding hydrogens is 304 g/mol. The van der Waals surface area contributed by atoms with Gasteiger partial charge in [-0.1, -0.05) is 39.5 Å². The minimum atomic E-state index is -0.895. The molecule has 0 aromatic heterocycles. The van der Waals surface area contributed by atoms with Crippen molar-refractivity contribution < 1.29 is 20.1 Å². The Kier molecular flexibility index (Phi) is 5.43. The first kappa shape index (κ1) is 19.4. The molecule has 0 saturated heterocycles. The first-order valence-corrected chi connectivity index (χ1v) is 8.90. The Morgan fingerprint density at radius 1 is 1.38 bits per heavy atom. The van der Waals surface area contributed by atoms with E-state index in [-0.39, 0.29) is 29.6 Å². The van der Waals surface area contributed by atoms with Crippen molar-refractivity contribution >= 4 is 5.78 Å². The minimum Gasteiger partial charge on any atom is -0.393 e. The summed E-state index contributed by atoms with van der Waals surface area (Å²) in [6.07, 6.45) is 1.81. The van der Waals surface area contributed by atoms with Gasteiger partial charge in [0, 0.05) is 11.8 Å². The zero-order chi connectivity index (χ0) is 18.3. The minimum absolute atomic E-state index is 0.0762. The van der Waals surface area contributed by atoms with Gasteiger partial charge in [0.05, 0.1) is 12.7 Å². The van der Waals surface area contributed by atoms with Gasteiger partial charge in [-0.3, -0.25) is 4.79 Å². The molecule has 24 heavy (non-hydrogen) atoms. The average molecular weight is 336 g/mol. The normalized spacial score (nSPS) is 37.0. The number of carbonyl (C=O) groups excluding carboxylic acids is 1. The third-order valence-corrected chi connectivity index (χ3v) is 6.70. The van der Waals surface area contributed by atoms with Crippen LogP contribution in [-0.2, 0) is 4.79 Å². The van der Waals surface area contributed by atoms with Crippen molar-refractivity contribution in [2.45, 2.75) is 65.1 Å². The molecule has 0 bridgehead atoms. The average Bonchev–Trinajstić information content (AvgIpc) is 2.50. The molecule has 0 radical (unpaired) electrons. The summed E-state index contributed by atoms with van der Waals surface area (Å²) in [6, 6.07) is 0. The molecule has 136 valence electrons. The maximum Gasteiger partial charge on any atom is 0.162 e. The molecule has 4 nitrogen and oxygen atoms in total. The van der Waals surface area contributed by atoms with Crippen LogP contribution in [0.5, 0.6) is 0 Å². The molecule has 2 saturated carbocycles. The molecule has 0 amide bonds.